The zero-order valence-corrected chi connectivity index (χ0v) is 8.96. The number of methoxy groups -OCH3 is 1. The van der Waals surface area contributed by atoms with Crippen molar-refractivity contribution in [1.29, 1.82) is 0 Å². The normalized spacial score (nSPS) is 12.6. The maximum Gasteiger partial charge on any atom is 0.132 e. The van der Waals surface area contributed by atoms with Crippen LogP contribution in [-0.4, -0.2) is 18.8 Å². The Morgan fingerprint density at radius 1 is 1.53 bits per heavy atom. The van der Waals surface area contributed by atoms with Gasteiger partial charge in [-0.25, -0.2) is 4.39 Å². The quantitative estimate of drug-likeness (QED) is 0.797. The lowest BCUT2D eigenvalue weighted by atomic mass is 10.0. The highest BCUT2D eigenvalue weighted by Crippen LogP contribution is 2.30. The molecule has 0 radical (unpaired) electrons. The van der Waals surface area contributed by atoms with Crippen LogP contribution in [0.1, 0.15) is 23.7 Å². The van der Waals surface area contributed by atoms with Gasteiger partial charge in [-0.05, 0) is 37.6 Å². The van der Waals surface area contributed by atoms with Gasteiger partial charge < -0.3 is 15.6 Å². The van der Waals surface area contributed by atoms with E-state index in [4.69, 9.17) is 10.5 Å². The van der Waals surface area contributed by atoms with Gasteiger partial charge in [-0.15, -0.1) is 0 Å². The summed E-state index contributed by atoms with van der Waals surface area (Å²) >= 11 is 0. The molecule has 0 heterocycles. The van der Waals surface area contributed by atoms with E-state index in [1.165, 1.54) is 13.2 Å². The van der Waals surface area contributed by atoms with Crippen LogP contribution in [0.2, 0.25) is 0 Å². The van der Waals surface area contributed by atoms with Gasteiger partial charge in [-0.2, -0.15) is 0 Å². The van der Waals surface area contributed by atoms with Crippen molar-refractivity contribution < 1.29 is 14.2 Å². The highest BCUT2D eigenvalue weighted by Gasteiger charge is 2.18. The van der Waals surface area contributed by atoms with Gasteiger partial charge >= 0.3 is 0 Å². The van der Waals surface area contributed by atoms with Crippen molar-refractivity contribution in [2.75, 3.05) is 13.7 Å². The lowest BCUT2D eigenvalue weighted by molar-refractivity contribution is 0.161. The fraction of sp³-hybridized carbons (Fsp3) is 0.455. The van der Waals surface area contributed by atoms with Crippen LogP contribution in [0.4, 0.5) is 4.39 Å². The van der Waals surface area contributed by atoms with Crippen molar-refractivity contribution in [1.82, 2.24) is 0 Å². The van der Waals surface area contributed by atoms with E-state index in [9.17, 15) is 9.50 Å². The van der Waals surface area contributed by atoms with E-state index in [0.717, 1.165) is 5.56 Å². The molecule has 3 nitrogen and oxygen atoms in total. The summed E-state index contributed by atoms with van der Waals surface area (Å²) in [5, 5.41) is 9.70. The Balaban J connectivity index is 3.14. The molecular formula is C11H16FNO2. The standard InChI is InChI=1S/C11H16FNO2/c1-7-5-8(12)11(9(14)3-4-13)10(6-7)15-2/h5-6,9,14H,3-4,13H2,1-2H3. The molecule has 4 heteroatoms. The highest BCUT2D eigenvalue weighted by molar-refractivity contribution is 5.39. The van der Waals surface area contributed by atoms with Crippen LogP contribution in [0.25, 0.3) is 0 Å². The minimum absolute atomic E-state index is 0.188. The Kier molecular flexibility index (Phi) is 4.05. The molecule has 0 bridgehead atoms. The Morgan fingerprint density at radius 2 is 2.20 bits per heavy atom. The fourth-order valence-electron chi connectivity index (χ4n) is 1.52. The summed E-state index contributed by atoms with van der Waals surface area (Å²) in [6, 6.07) is 3.07. The third kappa shape index (κ3) is 2.67. The monoisotopic (exact) mass is 213 g/mol. The Bertz CT molecular complexity index is 342. The summed E-state index contributed by atoms with van der Waals surface area (Å²) in [5.74, 6) is -0.0822. The molecule has 84 valence electrons. The zero-order valence-electron chi connectivity index (χ0n) is 8.96. The van der Waals surface area contributed by atoms with Crippen LogP contribution in [0, 0.1) is 12.7 Å². The number of halogens is 1. The van der Waals surface area contributed by atoms with E-state index in [-0.39, 0.29) is 5.56 Å². The summed E-state index contributed by atoms with van der Waals surface area (Å²) in [5.41, 5.74) is 6.26. The maximum atomic E-state index is 13.6. The molecule has 15 heavy (non-hydrogen) atoms. The van der Waals surface area contributed by atoms with Crippen molar-refractivity contribution in [3.8, 4) is 5.75 Å². The van der Waals surface area contributed by atoms with Crippen LogP contribution in [-0.2, 0) is 0 Å². The summed E-state index contributed by atoms with van der Waals surface area (Å²) in [7, 11) is 1.45. The van der Waals surface area contributed by atoms with E-state index in [1.54, 1.807) is 13.0 Å². The minimum Gasteiger partial charge on any atom is -0.496 e. The van der Waals surface area contributed by atoms with Crippen LogP contribution >= 0.6 is 0 Å². The first-order valence-corrected chi connectivity index (χ1v) is 4.82. The molecule has 1 atom stereocenters. The first-order valence-electron chi connectivity index (χ1n) is 4.82. The number of hydrogen-bond acceptors (Lipinski definition) is 3. The van der Waals surface area contributed by atoms with Gasteiger partial charge in [0.1, 0.15) is 11.6 Å². The maximum absolute atomic E-state index is 13.6. The molecule has 3 N–H and O–H groups in total. The molecule has 0 amide bonds. The summed E-state index contributed by atoms with van der Waals surface area (Å²) in [6.07, 6.45) is -0.596. The molecule has 1 rings (SSSR count). The molecule has 1 aromatic rings. The van der Waals surface area contributed by atoms with Gasteiger partial charge in [0.25, 0.3) is 0 Å². The third-order valence-electron chi connectivity index (χ3n) is 2.23. The number of aliphatic hydroxyl groups is 1. The topological polar surface area (TPSA) is 55.5 Å². The molecule has 0 aliphatic heterocycles. The Morgan fingerprint density at radius 3 is 2.73 bits per heavy atom. The van der Waals surface area contributed by atoms with Crippen LogP contribution in [0.5, 0.6) is 5.75 Å². The molecule has 0 fully saturated rings. The smallest absolute Gasteiger partial charge is 0.132 e. The molecule has 0 saturated carbocycles. The third-order valence-corrected chi connectivity index (χ3v) is 2.23. The highest BCUT2D eigenvalue weighted by atomic mass is 19.1. The molecule has 0 aliphatic rings. The first kappa shape index (κ1) is 11.9. The van der Waals surface area contributed by atoms with E-state index in [0.29, 0.717) is 18.7 Å². The fourth-order valence-corrected chi connectivity index (χ4v) is 1.52. The minimum atomic E-state index is -0.912. The number of nitrogens with two attached hydrogens (primary N) is 1. The molecule has 0 spiro atoms. The Labute approximate surface area is 88.7 Å². The summed E-state index contributed by atoms with van der Waals surface area (Å²) in [6.45, 7) is 2.07. The van der Waals surface area contributed by atoms with Crippen LogP contribution in [0.15, 0.2) is 12.1 Å². The average Bonchev–Trinajstić information content (AvgIpc) is 2.16. The van der Waals surface area contributed by atoms with Gasteiger partial charge in [-0.3, -0.25) is 0 Å². The van der Waals surface area contributed by atoms with Crippen molar-refractivity contribution in [2.45, 2.75) is 19.4 Å². The number of ether oxygens (including phenoxy) is 1. The molecule has 0 aliphatic carbocycles. The second-order valence-corrected chi connectivity index (χ2v) is 3.46. The number of aliphatic hydroxyl groups excluding tert-OH is 1. The molecular weight excluding hydrogens is 197 g/mol. The second kappa shape index (κ2) is 5.09. The SMILES string of the molecule is COc1cc(C)cc(F)c1C(O)CCN. The summed E-state index contributed by atoms with van der Waals surface area (Å²) in [4.78, 5) is 0. The zero-order chi connectivity index (χ0) is 11.4. The van der Waals surface area contributed by atoms with E-state index in [1.807, 2.05) is 0 Å². The van der Waals surface area contributed by atoms with Crippen LogP contribution < -0.4 is 10.5 Å². The van der Waals surface area contributed by atoms with E-state index < -0.39 is 11.9 Å². The summed E-state index contributed by atoms with van der Waals surface area (Å²) < 4.78 is 18.6. The molecule has 1 aromatic carbocycles. The van der Waals surface area contributed by atoms with E-state index in [2.05, 4.69) is 0 Å². The number of hydrogen-bond donors (Lipinski definition) is 2. The van der Waals surface area contributed by atoms with Crippen molar-refractivity contribution >= 4 is 0 Å². The molecule has 0 aromatic heterocycles. The van der Waals surface area contributed by atoms with Gasteiger partial charge in [0.15, 0.2) is 0 Å². The van der Waals surface area contributed by atoms with Crippen molar-refractivity contribution in [3.63, 3.8) is 0 Å². The number of aryl methyl sites for hydroxylation is 1. The lowest BCUT2D eigenvalue weighted by Crippen LogP contribution is -2.10. The first-order chi connectivity index (χ1) is 7.10. The van der Waals surface area contributed by atoms with Gasteiger partial charge in [0.2, 0.25) is 0 Å². The van der Waals surface area contributed by atoms with Gasteiger partial charge in [0, 0.05) is 0 Å². The average molecular weight is 213 g/mol. The van der Waals surface area contributed by atoms with Crippen molar-refractivity contribution in [2.24, 2.45) is 5.73 Å². The van der Waals surface area contributed by atoms with Gasteiger partial charge in [0.05, 0.1) is 18.8 Å². The number of rotatable bonds is 4. The predicted octanol–water partition coefficient (Wildman–Crippen LogP) is 1.52. The van der Waals surface area contributed by atoms with Crippen molar-refractivity contribution in [3.05, 3.63) is 29.1 Å². The molecule has 0 saturated heterocycles. The van der Waals surface area contributed by atoms with E-state index >= 15 is 0 Å². The number of benzene rings is 1. The lowest BCUT2D eigenvalue weighted by Gasteiger charge is -2.15. The second-order valence-electron chi connectivity index (χ2n) is 3.46. The predicted molar refractivity (Wildman–Crippen MR) is 56.3 cm³/mol. The largest absolute Gasteiger partial charge is 0.496 e. The molecule has 1 unspecified atom stereocenters. The Hall–Kier alpha value is -1.13. The van der Waals surface area contributed by atoms with Gasteiger partial charge in [-0.1, -0.05) is 0 Å². The van der Waals surface area contributed by atoms with Crippen LogP contribution in [0.3, 0.4) is 0 Å².